The molecule has 1 amide bonds. The lowest BCUT2D eigenvalue weighted by atomic mass is 10.2. The van der Waals surface area contributed by atoms with Crippen LogP contribution in [0, 0.1) is 0 Å². The van der Waals surface area contributed by atoms with Gasteiger partial charge in [-0.3, -0.25) is 9.69 Å². The van der Waals surface area contributed by atoms with Gasteiger partial charge in [-0.05, 0) is 39.7 Å². The molecule has 0 atom stereocenters. The molecule has 0 N–H and O–H groups in total. The van der Waals surface area contributed by atoms with Gasteiger partial charge in [0.2, 0.25) is 0 Å². The lowest BCUT2D eigenvalue weighted by molar-refractivity contribution is -0.121. The molecule has 0 radical (unpaired) electrons. The predicted octanol–water partition coefficient (Wildman–Crippen LogP) is 2.78. The van der Waals surface area contributed by atoms with E-state index in [-0.39, 0.29) is 12.5 Å². The van der Waals surface area contributed by atoms with E-state index >= 15 is 0 Å². The number of hydrogen-bond acceptors (Lipinski definition) is 4. The fourth-order valence-electron chi connectivity index (χ4n) is 2.15. The van der Waals surface area contributed by atoms with Crippen LogP contribution in [0.1, 0.15) is 5.56 Å². The zero-order valence-corrected chi connectivity index (χ0v) is 13.0. The number of carbonyl (C=O) groups is 1. The summed E-state index contributed by atoms with van der Waals surface area (Å²) >= 11 is 3.41. The molecular formula is C15H13BrN2O3. The van der Waals surface area contributed by atoms with Crippen LogP contribution in [0.2, 0.25) is 0 Å². The first kappa shape index (κ1) is 13.9. The van der Waals surface area contributed by atoms with Crippen molar-refractivity contribution in [2.24, 2.45) is 0 Å². The average molecular weight is 349 g/mol. The SMILES string of the molecule is COc1ccc(CN2C(=O)COc3c(Br)ccnc32)cc1. The Balaban J connectivity index is 1.91. The molecule has 0 spiro atoms. The highest BCUT2D eigenvalue weighted by Crippen LogP contribution is 2.37. The van der Waals surface area contributed by atoms with E-state index in [9.17, 15) is 4.79 Å². The molecule has 21 heavy (non-hydrogen) atoms. The minimum Gasteiger partial charge on any atom is -0.497 e. The molecule has 0 saturated carbocycles. The summed E-state index contributed by atoms with van der Waals surface area (Å²) in [4.78, 5) is 18.0. The number of halogens is 1. The Kier molecular flexibility index (Phi) is 3.79. The summed E-state index contributed by atoms with van der Waals surface area (Å²) in [6, 6.07) is 9.39. The van der Waals surface area contributed by atoms with Gasteiger partial charge in [-0.1, -0.05) is 12.1 Å². The molecular weight excluding hydrogens is 336 g/mol. The molecule has 1 aromatic carbocycles. The van der Waals surface area contributed by atoms with E-state index in [1.165, 1.54) is 0 Å². The molecule has 108 valence electrons. The van der Waals surface area contributed by atoms with Crippen LogP contribution in [0.4, 0.5) is 5.82 Å². The zero-order valence-electron chi connectivity index (χ0n) is 11.4. The Hall–Kier alpha value is -2.08. The van der Waals surface area contributed by atoms with Crippen molar-refractivity contribution in [3.05, 3.63) is 46.6 Å². The third-order valence-electron chi connectivity index (χ3n) is 3.23. The van der Waals surface area contributed by atoms with Gasteiger partial charge in [0, 0.05) is 6.20 Å². The monoisotopic (exact) mass is 348 g/mol. The van der Waals surface area contributed by atoms with Gasteiger partial charge in [0.05, 0.1) is 18.1 Å². The quantitative estimate of drug-likeness (QED) is 0.855. The maximum atomic E-state index is 12.1. The highest BCUT2D eigenvalue weighted by Gasteiger charge is 2.28. The minimum atomic E-state index is -0.107. The second-order valence-corrected chi connectivity index (χ2v) is 5.42. The van der Waals surface area contributed by atoms with Crippen LogP contribution in [0.5, 0.6) is 11.5 Å². The number of carbonyl (C=O) groups excluding carboxylic acids is 1. The molecule has 1 aliphatic heterocycles. The van der Waals surface area contributed by atoms with Gasteiger partial charge in [-0.15, -0.1) is 0 Å². The van der Waals surface area contributed by atoms with Crippen LogP contribution < -0.4 is 14.4 Å². The summed E-state index contributed by atoms with van der Waals surface area (Å²) in [7, 11) is 1.62. The highest BCUT2D eigenvalue weighted by atomic mass is 79.9. The molecule has 1 aromatic heterocycles. The second kappa shape index (κ2) is 5.73. The summed E-state index contributed by atoms with van der Waals surface area (Å²) in [5.41, 5.74) is 0.999. The lowest BCUT2D eigenvalue weighted by Crippen LogP contribution is -2.39. The number of rotatable bonds is 3. The Morgan fingerprint density at radius 3 is 2.81 bits per heavy atom. The van der Waals surface area contributed by atoms with E-state index in [4.69, 9.17) is 9.47 Å². The first-order valence-electron chi connectivity index (χ1n) is 6.39. The molecule has 0 fully saturated rings. The number of benzene rings is 1. The van der Waals surface area contributed by atoms with Crippen molar-refractivity contribution in [3.63, 3.8) is 0 Å². The van der Waals surface area contributed by atoms with Crippen molar-refractivity contribution in [2.45, 2.75) is 6.54 Å². The minimum absolute atomic E-state index is 0.0213. The van der Waals surface area contributed by atoms with Gasteiger partial charge in [0.25, 0.3) is 5.91 Å². The summed E-state index contributed by atoms with van der Waals surface area (Å²) in [5, 5.41) is 0. The van der Waals surface area contributed by atoms with Gasteiger partial charge >= 0.3 is 0 Å². The standard InChI is InChI=1S/C15H13BrN2O3/c1-20-11-4-2-10(3-5-11)8-18-13(19)9-21-14-12(16)6-7-17-15(14)18/h2-7H,8-9H2,1H3. The first-order valence-corrected chi connectivity index (χ1v) is 7.19. The van der Waals surface area contributed by atoms with Crippen LogP contribution in [-0.2, 0) is 11.3 Å². The average Bonchev–Trinajstić information content (AvgIpc) is 2.51. The van der Waals surface area contributed by atoms with Crippen LogP contribution in [0.3, 0.4) is 0 Å². The van der Waals surface area contributed by atoms with Crippen LogP contribution in [0.25, 0.3) is 0 Å². The largest absolute Gasteiger partial charge is 0.497 e. The number of fused-ring (bicyclic) bond motifs is 1. The summed E-state index contributed by atoms with van der Waals surface area (Å²) in [6.07, 6.45) is 1.64. The predicted molar refractivity (Wildman–Crippen MR) is 81.6 cm³/mol. The molecule has 2 heterocycles. The summed E-state index contributed by atoms with van der Waals surface area (Å²) in [5.74, 6) is 1.82. The van der Waals surface area contributed by atoms with Gasteiger partial charge in [0.1, 0.15) is 5.75 Å². The van der Waals surface area contributed by atoms with Gasteiger partial charge in [-0.25, -0.2) is 4.98 Å². The Morgan fingerprint density at radius 1 is 1.33 bits per heavy atom. The number of ether oxygens (including phenoxy) is 2. The molecule has 0 bridgehead atoms. The van der Waals surface area contributed by atoms with Crippen molar-refractivity contribution in [2.75, 3.05) is 18.6 Å². The van der Waals surface area contributed by atoms with Crippen molar-refractivity contribution >= 4 is 27.7 Å². The van der Waals surface area contributed by atoms with Gasteiger partial charge in [0.15, 0.2) is 18.2 Å². The van der Waals surface area contributed by atoms with Gasteiger partial charge in [-0.2, -0.15) is 0 Å². The molecule has 6 heteroatoms. The van der Waals surface area contributed by atoms with E-state index in [1.54, 1.807) is 24.3 Å². The zero-order chi connectivity index (χ0) is 14.8. The smallest absolute Gasteiger partial charge is 0.266 e. The van der Waals surface area contributed by atoms with Crippen molar-refractivity contribution in [3.8, 4) is 11.5 Å². The summed E-state index contributed by atoms with van der Waals surface area (Å²) in [6.45, 7) is 0.468. The number of amides is 1. The van der Waals surface area contributed by atoms with Crippen molar-refractivity contribution in [1.82, 2.24) is 4.98 Å². The van der Waals surface area contributed by atoms with Gasteiger partial charge < -0.3 is 9.47 Å². The Morgan fingerprint density at radius 2 is 2.10 bits per heavy atom. The van der Waals surface area contributed by atoms with E-state index in [0.717, 1.165) is 15.8 Å². The fraction of sp³-hybridized carbons (Fsp3) is 0.200. The molecule has 3 rings (SSSR count). The molecule has 5 nitrogen and oxygen atoms in total. The molecule has 0 unspecified atom stereocenters. The molecule has 2 aromatic rings. The molecule has 0 saturated heterocycles. The topological polar surface area (TPSA) is 51.7 Å². The molecule has 1 aliphatic rings. The second-order valence-electron chi connectivity index (χ2n) is 4.56. The molecule has 0 aliphatic carbocycles. The van der Waals surface area contributed by atoms with E-state index in [1.807, 2.05) is 24.3 Å². The number of anilines is 1. The van der Waals surface area contributed by atoms with Crippen molar-refractivity contribution in [1.29, 1.82) is 0 Å². The first-order chi connectivity index (χ1) is 10.2. The van der Waals surface area contributed by atoms with Crippen LogP contribution in [0.15, 0.2) is 41.0 Å². The van der Waals surface area contributed by atoms with Crippen LogP contribution in [-0.4, -0.2) is 24.6 Å². The Bertz CT molecular complexity index is 673. The maximum Gasteiger partial charge on any atom is 0.266 e. The fourth-order valence-corrected chi connectivity index (χ4v) is 2.56. The van der Waals surface area contributed by atoms with Crippen LogP contribution >= 0.6 is 15.9 Å². The third kappa shape index (κ3) is 2.71. The number of aromatic nitrogens is 1. The number of hydrogen-bond donors (Lipinski definition) is 0. The number of methoxy groups -OCH3 is 1. The van der Waals surface area contributed by atoms with E-state index in [0.29, 0.717) is 18.1 Å². The number of pyridine rings is 1. The van der Waals surface area contributed by atoms with E-state index < -0.39 is 0 Å². The normalized spacial score (nSPS) is 13.6. The third-order valence-corrected chi connectivity index (χ3v) is 3.86. The Labute approximate surface area is 130 Å². The lowest BCUT2D eigenvalue weighted by Gasteiger charge is -2.28. The summed E-state index contributed by atoms with van der Waals surface area (Å²) < 4.78 is 11.4. The van der Waals surface area contributed by atoms with Crippen molar-refractivity contribution < 1.29 is 14.3 Å². The van der Waals surface area contributed by atoms with E-state index in [2.05, 4.69) is 20.9 Å². The number of nitrogens with zero attached hydrogens (tertiary/aromatic N) is 2. The highest BCUT2D eigenvalue weighted by molar-refractivity contribution is 9.10. The maximum absolute atomic E-state index is 12.1.